The van der Waals surface area contributed by atoms with Crippen LogP contribution in [0.15, 0.2) is 47.4 Å². The van der Waals surface area contributed by atoms with E-state index in [1.54, 1.807) is 7.11 Å². The van der Waals surface area contributed by atoms with E-state index in [0.717, 1.165) is 11.1 Å². The predicted molar refractivity (Wildman–Crippen MR) is 102 cm³/mol. The maximum absolute atomic E-state index is 12.4. The molecule has 7 nitrogen and oxygen atoms in total. The Hall–Kier alpha value is -1.97. The molecule has 0 atom stereocenters. The van der Waals surface area contributed by atoms with Crippen LogP contribution in [0.4, 0.5) is 0 Å². The average molecular weight is 413 g/mol. The van der Waals surface area contributed by atoms with E-state index in [9.17, 15) is 13.2 Å². The van der Waals surface area contributed by atoms with Crippen LogP contribution in [0.3, 0.4) is 0 Å². The summed E-state index contributed by atoms with van der Waals surface area (Å²) in [6, 6.07) is 11.7. The van der Waals surface area contributed by atoms with E-state index in [0.29, 0.717) is 17.6 Å². The number of hydrogen-bond donors (Lipinski definition) is 1. The Morgan fingerprint density at radius 1 is 1.11 bits per heavy atom. The third kappa shape index (κ3) is 5.27. The summed E-state index contributed by atoms with van der Waals surface area (Å²) in [5.74, 6) is -0.413. The molecule has 146 valence electrons. The Labute approximate surface area is 163 Å². The maximum atomic E-state index is 12.4. The first kappa shape index (κ1) is 21.3. The number of sulfonamides is 1. The van der Waals surface area contributed by atoms with Crippen LogP contribution in [0, 0.1) is 0 Å². The van der Waals surface area contributed by atoms with Crippen molar-refractivity contribution in [3.8, 4) is 0 Å². The zero-order chi connectivity index (χ0) is 20.0. The maximum Gasteiger partial charge on any atom is 0.266 e. The summed E-state index contributed by atoms with van der Waals surface area (Å²) >= 11 is 6.00. The fraction of sp³-hybridized carbons (Fsp3) is 0.278. The number of ether oxygens (including phenoxy) is 1. The van der Waals surface area contributed by atoms with Crippen molar-refractivity contribution in [2.75, 3.05) is 21.3 Å². The van der Waals surface area contributed by atoms with Crippen molar-refractivity contribution >= 4 is 27.5 Å². The number of hydrogen-bond acceptors (Lipinski definition) is 5. The highest BCUT2D eigenvalue weighted by Gasteiger charge is 2.25. The van der Waals surface area contributed by atoms with Gasteiger partial charge in [-0.15, -0.1) is 0 Å². The van der Waals surface area contributed by atoms with Gasteiger partial charge in [0.2, 0.25) is 0 Å². The summed E-state index contributed by atoms with van der Waals surface area (Å²) in [4.78, 5) is 16.9. The molecule has 0 saturated heterocycles. The van der Waals surface area contributed by atoms with Crippen LogP contribution in [0.2, 0.25) is 5.02 Å². The van der Waals surface area contributed by atoms with Crippen LogP contribution in [0.1, 0.15) is 21.5 Å². The highest BCUT2D eigenvalue weighted by Crippen LogP contribution is 2.25. The fourth-order valence-corrected chi connectivity index (χ4v) is 3.76. The molecule has 1 amide bonds. The van der Waals surface area contributed by atoms with Gasteiger partial charge in [0, 0.05) is 26.3 Å². The molecule has 0 unspecified atom stereocenters. The van der Waals surface area contributed by atoms with Gasteiger partial charge in [-0.2, -0.15) is 0 Å². The van der Waals surface area contributed by atoms with Crippen LogP contribution in [0.5, 0.6) is 0 Å². The summed E-state index contributed by atoms with van der Waals surface area (Å²) in [5.41, 5.74) is 2.12. The number of nitrogens with one attached hydrogen (secondary N) is 1. The van der Waals surface area contributed by atoms with Crippen molar-refractivity contribution in [2.24, 2.45) is 0 Å². The van der Waals surface area contributed by atoms with Crippen molar-refractivity contribution in [1.82, 2.24) is 9.79 Å². The zero-order valence-corrected chi connectivity index (χ0v) is 16.8. The lowest BCUT2D eigenvalue weighted by molar-refractivity contribution is -0.0258. The van der Waals surface area contributed by atoms with Crippen molar-refractivity contribution in [3.63, 3.8) is 0 Å². The molecule has 0 saturated carbocycles. The summed E-state index contributed by atoms with van der Waals surface area (Å²) < 4.78 is 30.5. The molecule has 0 radical (unpaired) electrons. The zero-order valence-electron chi connectivity index (χ0n) is 15.2. The SMILES string of the molecule is COCc1ccc(CNC(=O)c2ccc(Cl)c(S(=O)(=O)N(C)OC)c2)cc1. The second-order valence-corrected chi connectivity index (χ2v) is 7.99. The summed E-state index contributed by atoms with van der Waals surface area (Å²) in [7, 11) is 0.122. The number of benzene rings is 2. The molecule has 2 aromatic carbocycles. The number of halogens is 1. The van der Waals surface area contributed by atoms with Gasteiger partial charge in [-0.3, -0.25) is 9.63 Å². The van der Waals surface area contributed by atoms with Crippen LogP contribution in [-0.4, -0.2) is 40.1 Å². The molecule has 0 aliphatic rings. The number of rotatable bonds is 8. The van der Waals surface area contributed by atoms with E-state index in [1.165, 1.54) is 32.4 Å². The van der Waals surface area contributed by atoms with Crippen LogP contribution in [0.25, 0.3) is 0 Å². The van der Waals surface area contributed by atoms with E-state index in [4.69, 9.17) is 21.2 Å². The normalized spacial score (nSPS) is 11.6. The van der Waals surface area contributed by atoms with Gasteiger partial charge in [-0.05, 0) is 29.3 Å². The standard InChI is InChI=1S/C18H21ClN2O5S/c1-21(26-3)27(23,24)17-10-15(8-9-16(17)19)18(22)20-11-13-4-6-14(7-5-13)12-25-2/h4-10H,11-12H2,1-3H3,(H,20,22). The predicted octanol–water partition coefficient (Wildman–Crippen LogP) is 2.60. The summed E-state index contributed by atoms with van der Waals surface area (Å²) in [5, 5.41) is 2.76. The lowest BCUT2D eigenvalue weighted by Crippen LogP contribution is -2.27. The number of nitrogens with zero attached hydrogens (tertiary/aromatic N) is 1. The van der Waals surface area contributed by atoms with Gasteiger partial charge >= 0.3 is 0 Å². The third-order valence-corrected chi connectivity index (χ3v) is 6.02. The first-order chi connectivity index (χ1) is 12.8. The molecule has 2 aromatic rings. The van der Waals surface area contributed by atoms with Gasteiger partial charge in [0.1, 0.15) is 4.90 Å². The molecule has 1 N–H and O–H groups in total. The van der Waals surface area contributed by atoms with E-state index >= 15 is 0 Å². The number of carbonyl (C=O) groups excluding carboxylic acids is 1. The lowest BCUT2D eigenvalue weighted by atomic mass is 10.1. The van der Waals surface area contributed by atoms with Gasteiger partial charge in [0.15, 0.2) is 0 Å². The molecule has 0 fully saturated rings. The van der Waals surface area contributed by atoms with Gasteiger partial charge in [0.25, 0.3) is 15.9 Å². The van der Waals surface area contributed by atoms with E-state index in [2.05, 4.69) is 5.32 Å². The quantitative estimate of drug-likeness (QED) is 0.673. The van der Waals surface area contributed by atoms with Gasteiger partial charge in [0.05, 0.1) is 18.7 Å². The Morgan fingerprint density at radius 3 is 2.33 bits per heavy atom. The first-order valence-electron chi connectivity index (χ1n) is 7.97. The van der Waals surface area contributed by atoms with Crippen LogP contribution < -0.4 is 5.32 Å². The number of carbonyl (C=O) groups is 1. The number of amides is 1. The monoisotopic (exact) mass is 412 g/mol. The first-order valence-corrected chi connectivity index (χ1v) is 9.79. The lowest BCUT2D eigenvalue weighted by Gasteiger charge is -2.16. The highest BCUT2D eigenvalue weighted by molar-refractivity contribution is 7.89. The number of methoxy groups -OCH3 is 1. The fourth-order valence-electron chi connectivity index (χ4n) is 2.28. The minimum Gasteiger partial charge on any atom is -0.380 e. The minimum absolute atomic E-state index is 0.00387. The van der Waals surface area contributed by atoms with Crippen molar-refractivity contribution < 1.29 is 22.8 Å². The Bertz CT molecular complexity index is 900. The molecule has 0 aliphatic carbocycles. The van der Waals surface area contributed by atoms with Crippen LogP contribution >= 0.6 is 11.6 Å². The summed E-state index contributed by atoms with van der Waals surface area (Å²) in [6.45, 7) is 0.819. The molecule has 9 heteroatoms. The molecule has 0 spiro atoms. The highest BCUT2D eigenvalue weighted by atomic mass is 35.5. The Morgan fingerprint density at radius 2 is 1.74 bits per heavy atom. The van der Waals surface area contributed by atoms with Gasteiger partial charge in [-0.25, -0.2) is 8.42 Å². The second-order valence-electron chi connectivity index (χ2n) is 5.67. The topological polar surface area (TPSA) is 84.9 Å². The number of hydroxylamine groups is 1. The smallest absolute Gasteiger partial charge is 0.266 e. The molecule has 2 rings (SSSR count). The molecule has 27 heavy (non-hydrogen) atoms. The molecule has 0 aromatic heterocycles. The van der Waals surface area contributed by atoms with Gasteiger partial charge < -0.3 is 10.1 Å². The van der Waals surface area contributed by atoms with Crippen molar-refractivity contribution in [3.05, 3.63) is 64.2 Å². The molecular weight excluding hydrogens is 392 g/mol. The second kappa shape index (κ2) is 9.29. The average Bonchev–Trinajstić information content (AvgIpc) is 2.66. The van der Waals surface area contributed by atoms with Crippen molar-refractivity contribution in [1.29, 1.82) is 0 Å². The van der Waals surface area contributed by atoms with Gasteiger partial charge in [-0.1, -0.05) is 40.3 Å². The van der Waals surface area contributed by atoms with E-state index in [1.807, 2.05) is 24.3 Å². The Kier molecular flexibility index (Phi) is 7.34. The van der Waals surface area contributed by atoms with Crippen molar-refractivity contribution in [2.45, 2.75) is 18.0 Å². The molecular formula is C18H21ClN2O5S. The third-order valence-electron chi connectivity index (χ3n) is 3.85. The Balaban J connectivity index is 2.14. The molecule has 0 heterocycles. The largest absolute Gasteiger partial charge is 0.380 e. The van der Waals surface area contributed by atoms with E-state index < -0.39 is 15.9 Å². The van der Waals surface area contributed by atoms with E-state index in [-0.39, 0.29) is 15.5 Å². The molecule has 0 bridgehead atoms. The molecule has 0 aliphatic heterocycles. The van der Waals surface area contributed by atoms with Crippen LogP contribution in [-0.2, 0) is 32.7 Å². The summed E-state index contributed by atoms with van der Waals surface area (Å²) in [6.07, 6.45) is 0. The minimum atomic E-state index is -3.97.